The molecule has 3 unspecified atom stereocenters. The molecule has 0 aliphatic carbocycles. The van der Waals surface area contributed by atoms with Crippen LogP contribution < -0.4 is 10.5 Å². The molecule has 0 bridgehead atoms. The minimum atomic E-state index is 0.0751. The van der Waals surface area contributed by atoms with E-state index in [0.717, 1.165) is 37.6 Å². The van der Waals surface area contributed by atoms with Crippen molar-refractivity contribution in [2.45, 2.75) is 29.9 Å². The highest BCUT2D eigenvalue weighted by atomic mass is 32.2. The van der Waals surface area contributed by atoms with Crippen molar-refractivity contribution in [2.75, 3.05) is 19.0 Å². The molecule has 18 heavy (non-hydrogen) atoms. The van der Waals surface area contributed by atoms with E-state index in [0.29, 0.717) is 5.92 Å². The van der Waals surface area contributed by atoms with E-state index in [4.69, 9.17) is 15.2 Å². The van der Waals surface area contributed by atoms with E-state index in [1.807, 2.05) is 30.0 Å². The van der Waals surface area contributed by atoms with Gasteiger partial charge in [-0.05, 0) is 25.0 Å². The maximum atomic E-state index is 6.36. The monoisotopic (exact) mass is 265 g/mol. The molecule has 1 aromatic rings. The molecular weight excluding hydrogens is 246 g/mol. The Balaban J connectivity index is 1.67. The Bertz CT molecular complexity index is 407. The maximum absolute atomic E-state index is 6.36. The molecule has 3 rings (SSSR count). The van der Waals surface area contributed by atoms with E-state index >= 15 is 0 Å². The van der Waals surface area contributed by atoms with Gasteiger partial charge >= 0.3 is 0 Å². The summed E-state index contributed by atoms with van der Waals surface area (Å²) >= 11 is 1.84. The van der Waals surface area contributed by atoms with E-state index in [2.05, 4.69) is 6.07 Å². The van der Waals surface area contributed by atoms with Gasteiger partial charge in [-0.2, -0.15) is 0 Å². The molecule has 0 radical (unpaired) electrons. The summed E-state index contributed by atoms with van der Waals surface area (Å²) in [5, 5.41) is 0. The SMILES string of the molecule is NC(C1CCCOC1)C1CSc2ccccc2O1. The van der Waals surface area contributed by atoms with Gasteiger partial charge in [-0.1, -0.05) is 12.1 Å². The average Bonchev–Trinajstić information content (AvgIpc) is 2.47. The number of para-hydroxylation sites is 1. The number of rotatable bonds is 2. The lowest BCUT2D eigenvalue weighted by Crippen LogP contribution is -2.49. The molecule has 2 heterocycles. The fraction of sp³-hybridized carbons (Fsp3) is 0.571. The van der Waals surface area contributed by atoms with Gasteiger partial charge in [0.25, 0.3) is 0 Å². The lowest BCUT2D eigenvalue weighted by molar-refractivity contribution is 0.0249. The van der Waals surface area contributed by atoms with E-state index in [-0.39, 0.29) is 12.1 Å². The number of fused-ring (bicyclic) bond motifs is 1. The molecule has 1 saturated heterocycles. The van der Waals surface area contributed by atoms with Gasteiger partial charge in [0.15, 0.2) is 0 Å². The van der Waals surface area contributed by atoms with Crippen LogP contribution in [-0.4, -0.2) is 31.1 Å². The average molecular weight is 265 g/mol. The first-order valence-electron chi connectivity index (χ1n) is 6.56. The number of ether oxygens (including phenoxy) is 2. The molecule has 0 saturated carbocycles. The van der Waals surface area contributed by atoms with Gasteiger partial charge in [-0.25, -0.2) is 0 Å². The summed E-state index contributed by atoms with van der Waals surface area (Å²) in [5.74, 6) is 2.36. The van der Waals surface area contributed by atoms with Crippen molar-refractivity contribution in [3.05, 3.63) is 24.3 Å². The van der Waals surface area contributed by atoms with Crippen LogP contribution in [0.4, 0.5) is 0 Å². The summed E-state index contributed by atoms with van der Waals surface area (Å²) in [6, 6.07) is 8.26. The van der Waals surface area contributed by atoms with Gasteiger partial charge in [-0.15, -0.1) is 11.8 Å². The topological polar surface area (TPSA) is 44.5 Å². The molecule has 98 valence electrons. The van der Waals surface area contributed by atoms with Crippen LogP contribution in [-0.2, 0) is 4.74 Å². The van der Waals surface area contributed by atoms with Crippen molar-refractivity contribution >= 4 is 11.8 Å². The molecule has 3 nitrogen and oxygen atoms in total. The van der Waals surface area contributed by atoms with Crippen molar-refractivity contribution in [3.63, 3.8) is 0 Å². The number of benzene rings is 1. The van der Waals surface area contributed by atoms with E-state index < -0.39 is 0 Å². The van der Waals surface area contributed by atoms with Crippen LogP contribution in [0.2, 0.25) is 0 Å². The predicted octanol–water partition coefficient (Wildman–Crippen LogP) is 2.29. The van der Waals surface area contributed by atoms with Gasteiger partial charge in [0.1, 0.15) is 11.9 Å². The zero-order valence-electron chi connectivity index (χ0n) is 10.4. The Kier molecular flexibility index (Phi) is 3.77. The molecule has 0 aromatic heterocycles. The van der Waals surface area contributed by atoms with E-state index in [9.17, 15) is 0 Å². The molecular formula is C14H19NO2S. The highest BCUT2D eigenvalue weighted by Gasteiger charge is 2.32. The van der Waals surface area contributed by atoms with Gasteiger partial charge in [0.05, 0.1) is 6.61 Å². The lowest BCUT2D eigenvalue weighted by Gasteiger charge is -2.35. The first kappa shape index (κ1) is 12.3. The van der Waals surface area contributed by atoms with Crippen LogP contribution >= 0.6 is 11.8 Å². The van der Waals surface area contributed by atoms with Crippen LogP contribution in [0.5, 0.6) is 5.75 Å². The number of nitrogens with two attached hydrogens (primary N) is 1. The summed E-state index contributed by atoms with van der Waals surface area (Å²) in [5.41, 5.74) is 6.36. The smallest absolute Gasteiger partial charge is 0.133 e. The van der Waals surface area contributed by atoms with Crippen LogP contribution in [0.25, 0.3) is 0 Å². The molecule has 0 spiro atoms. The number of hydrogen-bond donors (Lipinski definition) is 1. The van der Waals surface area contributed by atoms with Crippen molar-refractivity contribution in [3.8, 4) is 5.75 Å². The third-order valence-electron chi connectivity index (χ3n) is 3.70. The molecule has 2 N–H and O–H groups in total. The second-order valence-corrected chi connectivity index (χ2v) is 6.03. The minimum Gasteiger partial charge on any atom is -0.487 e. The van der Waals surface area contributed by atoms with E-state index in [1.54, 1.807) is 0 Å². The van der Waals surface area contributed by atoms with Gasteiger partial charge in [0, 0.05) is 29.2 Å². The molecule has 3 atom stereocenters. The van der Waals surface area contributed by atoms with Gasteiger partial charge < -0.3 is 15.2 Å². The zero-order chi connectivity index (χ0) is 12.4. The third kappa shape index (κ3) is 2.51. The van der Waals surface area contributed by atoms with Crippen LogP contribution in [0.15, 0.2) is 29.2 Å². The molecule has 1 fully saturated rings. The summed E-state index contributed by atoms with van der Waals surface area (Å²) in [7, 11) is 0. The Hall–Kier alpha value is -0.710. The molecule has 1 aromatic carbocycles. The fourth-order valence-corrected chi connectivity index (χ4v) is 3.67. The Morgan fingerprint density at radius 2 is 2.22 bits per heavy atom. The van der Waals surface area contributed by atoms with Crippen molar-refractivity contribution < 1.29 is 9.47 Å². The second kappa shape index (κ2) is 5.51. The number of hydrogen-bond acceptors (Lipinski definition) is 4. The second-order valence-electron chi connectivity index (χ2n) is 4.97. The third-order valence-corrected chi connectivity index (χ3v) is 4.84. The summed E-state index contributed by atoms with van der Waals surface area (Å²) in [6.07, 6.45) is 2.39. The van der Waals surface area contributed by atoms with Crippen LogP contribution in [0.1, 0.15) is 12.8 Å². The highest BCUT2D eigenvalue weighted by Crippen LogP contribution is 2.36. The quantitative estimate of drug-likeness (QED) is 0.891. The first-order valence-corrected chi connectivity index (χ1v) is 7.55. The Labute approximate surface area is 112 Å². The summed E-state index contributed by atoms with van der Waals surface area (Å²) < 4.78 is 11.6. The van der Waals surface area contributed by atoms with Crippen molar-refractivity contribution in [2.24, 2.45) is 11.7 Å². The van der Waals surface area contributed by atoms with Gasteiger partial charge in [0.2, 0.25) is 0 Å². The lowest BCUT2D eigenvalue weighted by atomic mass is 9.91. The number of thioether (sulfide) groups is 1. The standard InChI is InChI=1S/C14H19NO2S/c15-14(10-4-3-7-16-8-10)12-9-18-13-6-2-1-5-11(13)17-12/h1-2,5-6,10,12,14H,3-4,7-9,15H2. The molecule has 0 amide bonds. The molecule has 2 aliphatic heterocycles. The Morgan fingerprint density at radius 1 is 1.33 bits per heavy atom. The zero-order valence-corrected chi connectivity index (χ0v) is 11.2. The fourth-order valence-electron chi connectivity index (χ4n) is 2.60. The summed E-state index contributed by atoms with van der Waals surface area (Å²) in [4.78, 5) is 1.22. The maximum Gasteiger partial charge on any atom is 0.133 e. The molecule has 4 heteroatoms. The van der Waals surface area contributed by atoms with Crippen LogP contribution in [0.3, 0.4) is 0 Å². The Morgan fingerprint density at radius 3 is 3.06 bits per heavy atom. The predicted molar refractivity (Wildman–Crippen MR) is 73.1 cm³/mol. The molecule has 2 aliphatic rings. The van der Waals surface area contributed by atoms with Crippen molar-refractivity contribution in [1.29, 1.82) is 0 Å². The minimum absolute atomic E-state index is 0.0751. The van der Waals surface area contributed by atoms with Crippen LogP contribution in [0, 0.1) is 5.92 Å². The van der Waals surface area contributed by atoms with Gasteiger partial charge in [-0.3, -0.25) is 0 Å². The van der Waals surface area contributed by atoms with E-state index in [1.165, 1.54) is 4.90 Å². The largest absolute Gasteiger partial charge is 0.487 e. The first-order chi connectivity index (χ1) is 8.84. The summed E-state index contributed by atoms with van der Waals surface area (Å²) in [6.45, 7) is 1.67. The van der Waals surface area contributed by atoms with Crippen molar-refractivity contribution in [1.82, 2.24) is 0 Å². The highest BCUT2D eigenvalue weighted by molar-refractivity contribution is 7.99. The normalized spacial score (nSPS) is 29.2.